The third-order valence-corrected chi connectivity index (χ3v) is 4.86. The highest BCUT2D eigenvalue weighted by Gasteiger charge is 2.38. The van der Waals surface area contributed by atoms with Crippen LogP contribution in [-0.4, -0.2) is 28.0 Å². The number of nitrogens with zero attached hydrogens (tertiary/aromatic N) is 2. The smallest absolute Gasteiger partial charge is 0.270 e. The largest absolute Gasteiger partial charge is 0.397 e. The summed E-state index contributed by atoms with van der Waals surface area (Å²) < 4.78 is 2.02. The van der Waals surface area contributed by atoms with Gasteiger partial charge in [0.1, 0.15) is 5.69 Å². The molecule has 0 spiro atoms. The number of rotatable bonds is 3. The molecular weight excluding hydrogens is 250 g/mol. The van der Waals surface area contributed by atoms with Crippen LogP contribution in [-0.2, 0) is 6.54 Å². The lowest BCUT2D eigenvalue weighted by atomic mass is 9.92. The van der Waals surface area contributed by atoms with Crippen molar-refractivity contribution in [1.29, 1.82) is 0 Å². The minimum atomic E-state index is 0.187. The molecule has 0 radical (unpaired) electrons. The number of carbonyl (C=O) groups is 1. The molecule has 4 heteroatoms. The van der Waals surface area contributed by atoms with Crippen LogP contribution >= 0.6 is 0 Å². The number of nitrogens with two attached hydrogens (primary N) is 1. The van der Waals surface area contributed by atoms with Crippen LogP contribution in [0, 0.1) is 5.92 Å². The molecule has 2 atom stereocenters. The highest BCUT2D eigenvalue weighted by molar-refractivity contribution is 5.94. The molecule has 2 unspecified atom stereocenters. The molecule has 1 aliphatic carbocycles. The van der Waals surface area contributed by atoms with Gasteiger partial charge in [0.05, 0.1) is 5.69 Å². The third kappa shape index (κ3) is 2.32. The SMILES string of the molecule is CCCn1cc(N)cc1C(=O)N1CCCC2CCCC21. The third-order valence-electron chi connectivity index (χ3n) is 4.86. The number of anilines is 1. The van der Waals surface area contributed by atoms with E-state index in [1.165, 1.54) is 25.7 Å². The summed E-state index contributed by atoms with van der Waals surface area (Å²) in [5.74, 6) is 0.923. The zero-order valence-electron chi connectivity index (χ0n) is 12.3. The van der Waals surface area contributed by atoms with E-state index in [9.17, 15) is 4.79 Å². The first-order valence-electron chi connectivity index (χ1n) is 7.97. The first kappa shape index (κ1) is 13.5. The van der Waals surface area contributed by atoms with Gasteiger partial charge in [-0.1, -0.05) is 13.3 Å². The number of hydrogen-bond donors (Lipinski definition) is 1. The molecule has 3 rings (SSSR count). The molecule has 110 valence electrons. The molecule has 20 heavy (non-hydrogen) atoms. The van der Waals surface area contributed by atoms with Crippen LogP contribution in [0.3, 0.4) is 0 Å². The Kier molecular flexibility index (Phi) is 3.72. The van der Waals surface area contributed by atoms with Gasteiger partial charge < -0.3 is 15.2 Å². The van der Waals surface area contributed by atoms with Crippen LogP contribution in [0.15, 0.2) is 12.3 Å². The van der Waals surface area contributed by atoms with Crippen molar-refractivity contribution in [1.82, 2.24) is 9.47 Å². The van der Waals surface area contributed by atoms with Crippen LogP contribution in [0.2, 0.25) is 0 Å². The Bertz CT molecular complexity index is 494. The van der Waals surface area contributed by atoms with Crippen LogP contribution in [0.4, 0.5) is 5.69 Å². The molecule has 1 aromatic rings. The van der Waals surface area contributed by atoms with Gasteiger partial charge in [0.15, 0.2) is 0 Å². The second kappa shape index (κ2) is 5.51. The minimum Gasteiger partial charge on any atom is -0.397 e. The fraction of sp³-hybridized carbons (Fsp3) is 0.688. The van der Waals surface area contributed by atoms with E-state index in [0.717, 1.165) is 37.5 Å². The number of amides is 1. The first-order chi connectivity index (χ1) is 9.70. The Morgan fingerprint density at radius 1 is 1.35 bits per heavy atom. The Hall–Kier alpha value is -1.45. The Morgan fingerprint density at radius 3 is 2.95 bits per heavy atom. The maximum atomic E-state index is 12.9. The van der Waals surface area contributed by atoms with Crippen LogP contribution in [0.25, 0.3) is 0 Å². The molecule has 1 aromatic heterocycles. The highest BCUT2D eigenvalue weighted by Crippen LogP contribution is 2.37. The zero-order chi connectivity index (χ0) is 14.1. The summed E-state index contributed by atoms with van der Waals surface area (Å²) in [6, 6.07) is 2.32. The molecular formula is C16H25N3O. The maximum Gasteiger partial charge on any atom is 0.270 e. The van der Waals surface area contributed by atoms with E-state index in [-0.39, 0.29) is 5.91 Å². The number of likely N-dealkylation sites (tertiary alicyclic amines) is 1. The van der Waals surface area contributed by atoms with E-state index in [1.54, 1.807) is 0 Å². The lowest BCUT2D eigenvalue weighted by molar-refractivity contribution is 0.0537. The maximum absolute atomic E-state index is 12.9. The second-order valence-electron chi connectivity index (χ2n) is 6.25. The lowest BCUT2D eigenvalue weighted by Gasteiger charge is -2.37. The molecule has 2 heterocycles. The van der Waals surface area contributed by atoms with Crippen molar-refractivity contribution < 1.29 is 4.79 Å². The van der Waals surface area contributed by atoms with Crippen molar-refractivity contribution in [3.8, 4) is 0 Å². The number of hydrogen-bond acceptors (Lipinski definition) is 2. The van der Waals surface area contributed by atoms with Gasteiger partial charge >= 0.3 is 0 Å². The van der Waals surface area contributed by atoms with Crippen LogP contribution < -0.4 is 5.73 Å². The summed E-state index contributed by atoms with van der Waals surface area (Å²) in [6.07, 6.45) is 9.11. The number of piperidine rings is 1. The van der Waals surface area contributed by atoms with E-state index < -0.39 is 0 Å². The predicted octanol–water partition coefficient (Wildman–Crippen LogP) is 2.89. The molecule has 0 bridgehead atoms. The van der Waals surface area contributed by atoms with Gasteiger partial charge in [-0.3, -0.25) is 4.79 Å². The number of nitrogen functional groups attached to an aromatic ring is 1. The zero-order valence-corrected chi connectivity index (χ0v) is 12.3. The van der Waals surface area contributed by atoms with E-state index in [1.807, 2.05) is 16.8 Å². The van der Waals surface area contributed by atoms with Gasteiger partial charge in [0, 0.05) is 25.3 Å². The van der Waals surface area contributed by atoms with Crippen molar-refractivity contribution >= 4 is 11.6 Å². The number of aryl methyl sites for hydroxylation is 1. The van der Waals surface area contributed by atoms with Crippen molar-refractivity contribution in [2.45, 2.75) is 58.0 Å². The Labute approximate surface area is 120 Å². The summed E-state index contributed by atoms with van der Waals surface area (Å²) in [5.41, 5.74) is 7.36. The predicted molar refractivity (Wildman–Crippen MR) is 80.5 cm³/mol. The topological polar surface area (TPSA) is 51.3 Å². The van der Waals surface area contributed by atoms with Gasteiger partial charge in [-0.25, -0.2) is 0 Å². The molecule has 2 aliphatic rings. The average molecular weight is 275 g/mol. The fourth-order valence-corrected chi connectivity index (χ4v) is 3.99. The normalized spacial score (nSPS) is 25.8. The summed E-state index contributed by atoms with van der Waals surface area (Å²) in [5, 5.41) is 0. The van der Waals surface area contributed by atoms with Crippen molar-refractivity contribution in [2.24, 2.45) is 5.92 Å². The van der Waals surface area contributed by atoms with Crippen molar-refractivity contribution in [3.05, 3.63) is 18.0 Å². The number of carbonyl (C=O) groups excluding carboxylic acids is 1. The molecule has 1 saturated carbocycles. The van der Waals surface area contributed by atoms with Crippen LogP contribution in [0.5, 0.6) is 0 Å². The Balaban J connectivity index is 1.84. The Morgan fingerprint density at radius 2 is 2.15 bits per heavy atom. The molecule has 2 fully saturated rings. The molecule has 1 amide bonds. The van der Waals surface area contributed by atoms with E-state index in [4.69, 9.17) is 5.73 Å². The number of fused-ring (bicyclic) bond motifs is 1. The van der Waals surface area contributed by atoms with Crippen LogP contribution in [0.1, 0.15) is 55.9 Å². The summed E-state index contributed by atoms with van der Waals surface area (Å²) in [7, 11) is 0. The monoisotopic (exact) mass is 275 g/mol. The van der Waals surface area contributed by atoms with Gasteiger partial charge in [-0.2, -0.15) is 0 Å². The lowest BCUT2D eigenvalue weighted by Crippen LogP contribution is -2.46. The molecule has 2 N–H and O–H groups in total. The quantitative estimate of drug-likeness (QED) is 0.922. The minimum absolute atomic E-state index is 0.187. The molecule has 0 aromatic carbocycles. The van der Waals surface area contributed by atoms with Gasteiger partial charge in [-0.05, 0) is 44.1 Å². The summed E-state index contributed by atoms with van der Waals surface area (Å²) >= 11 is 0. The van der Waals surface area contributed by atoms with E-state index >= 15 is 0 Å². The average Bonchev–Trinajstić information content (AvgIpc) is 3.04. The van der Waals surface area contributed by atoms with Gasteiger partial charge in [0.2, 0.25) is 0 Å². The summed E-state index contributed by atoms with van der Waals surface area (Å²) in [4.78, 5) is 15.0. The van der Waals surface area contributed by atoms with E-state index in [2.05, 4.69) is 11.8 Å². The molecule has 1 aliphatic heterocycles. The highest BCUT2D eigenvalue weighted by atomic mass is 16.2. The standard InChI is InChI=1S/C16H25N3O/c1-2-8-18-11-13(17)10-15(18)16(20)19-9-4-6-12-5-3-7-14(12)19/h10-12,14H,2-9,17H2,1H3. The fourth-order valence-electron chi connectivity index (χ4n) is 3.99. The second-order valence-corrected chi connectivity index (χ2v) is 6.25. The van der Waals surface area contributed by atoms with Gasteiger partial charge in [-0.15, -0.1) is 0 Å². The van der Waals surface area contributed by atoms with Gasteiger partial charge in [0.25, 0.3) is 5.91 Å². The van der Waals surface area contributed by atoms with Crippen molar-refractivity contribution in [3.63, 3.8) is 0 Å². The number of aromatic nitrogens is 1. The first-order valence-corrected chi connectivity index (χ1v) is 7.97. The van der Waals surface area contributed by atoms with E-state index in [0.29, 0.717) is 11.7 Å². The molecule has 4 nitrogen and oxygen atoms in total. The molecule has 1 saturated heterocycles. The summed E-state index contributed by atoms with van der Waals surface area (Å²) in [6.45, 7) is 3.90. The van der Waals surface area contributed by atoms with Crippen molar-refractivity contribution in [2.75, 3.05) is 12.3 Å².